The number of hydrogen-bond donors (Lipinski definition) is 0. The SMILES string of the molecule is C=C/C(=C\C)OI.IOc1ccc2cc3ccccc3cc2c1. The van der Waals surface area contributed by atoms with Crippen molar-refractivity contribution >= 4 is 67.6 Å². The summed E-state index contributed by atoms with van der Waals surface area (Å²) in [4.78, 5) is 0. The van der Waals surface area contributed by atoms with E-state index in [-0.39, 0.29) is 0 Å². The lowest BCUT2D eigenvalue weighted by atomic mass is 10.0. The molecule has 0 aliphatic carbocycles. The summed E-state index contributed by atoms with van der Waals surface area (Å²) in [5, 5.41) is 5.00. The fourth-order valence-electron chi connectivity index (χ4n) is 2.16. The van der Waals surface area contributed by atoms with E-state index in [4.69, 9.17) is 6.13 Å². The normalized spacial score (nSPS) is 10.8. The van der Waals surface area contributed by atoms with Gasteiger partial charge in [0.1, 0.15) is 11.5 Å². The average molecular weight is 530 g/mol. The molecular weight excluding hydrogens is 514 g/mol. The summed E-state index contributed by atoms with van der Waals surface area (Å²) in [5.41, 5.74) is 0. The van der Waals surface area contributed by atoms with Crippen LogP contribution in [0.4, 0.5) is 0 Å². The zero-order valence-corrected chi connectivity index (χ0v) is 16.9. The molecule has 4 heteroatoms. The van der Waals surface area contributed by atoms with E-state index >= 15 is 0 Å². The van der Waals surface area contributed by atoms with Crippen molar-refractivity contribution < 1.29 is 6.13 Å². The number of allylic oxidation sites excluding steroid dienone is 2. The van der Waals surface area contributed by atoms with E-state index in [1.54, 1.807) is 6.08 Å². The van der Waals surface area contributed by atoms with Crippen molar-refractivity contribution in [2.45, 2.75) is 6.92 Å². The Hall–Kier alpha value is -1.28. The second-order valence-corrected chi connectivity index (χ2v) is 5.64. The van der Waals surface area contributed by atoms with E-state index in [0.29, 0.717) is 0 Å². The number of benzene rings is 3. The van der Waals surface area contributed by atoms with E-state index in [1.807, 2.05) is 65.1 Å². The molecule has 0 saturated carbocycles. The van der Waals surface area contributed by atoms with Crippen LogP contribution in [0.1, 0.15) is 6.92 Å². The van der Waals surface area contributed by atoms with Gasteiger partial charge in [-0.25, -0.2) is 0 Å². The zero-order valence-electron chi connectivity index (χ0n) is 12.6. The van der Waals surface area contributed by atoms with Crippen molar-refractivity contribution in [2.75, 3.05) is 0 Å². The molecule has 3 aromatic carbocycles. The first kappa shape index (κ1) is 18.1. The first-order valence-corrected chi connectivity index (χ1v) is 8.76. The summed E-state index contributed by atoms with van der Waals surface area (Å²) in [6.45, 7) is 5.40. The molecule has 0 bridgehead atoms. The van der Waals surface area contributed by atoms with E-state index in [2.05, 4.69) is 55.1 Å². The highest BCUT2D eigenvalue weighted by Gasteiger charge is 1.99. The van der Waals surface area contributed by atoms with Gasteiger partial charge in [0.15, 0.2) is 46.0 Å². The third-order valence-corrected chi connectivity index (χ3v) is 4.36. The smallest absolute Gasteiger partial charge is 0.192 e. The van der Waals surface area contributed by atoms with Crippen LogP contribution in [0.2, 0.25) is 0 Å². The van der Waals surface area contributed by atoms with Gasteiger partial charge in [-0.2, -0.15) is 0 Å². The van der Waals surface area contributed by atoms with E-state index in [9.17, 15) is 0 Å². The Morgan fingerprint density at radius 2 is 1.52 bits per heavy atom. The molecule has 0 spiro atoms. The molecule has 0 N–H and O–H groups in total. The van der Waals surface area contributed by atoms with Gasteiger partial charge in [0.05, 0.1) is 0 Å². The molecule has 23 heavy (non-hydrogen) atoms. The lowest BCUT2D eigenvalue weighted by molar-refractivity contribution is 0.587. The van der Waals surface area contributed by atoms with Crippen molar-refractivity contribution in [1.82, 2.24) is 0 Å². The first-order chi connectivity index (χ1) is 11.2. The van der Waals surface area contributed by atoms with E-state index < -0.39 is 0 Å². The van der Waals surface area contributed by atoms with Crippen LogP contribution in [0.15, 0.2) is 79.1 Å². The molecule has 118 valence electrons. The molecular formula is C19H16I2O2. The molecule has 2 nitrogen and oxygen atoms in total. The van der Waals surface area contributed by atoms with Gasteiger partial charge in [-0.05, 0) is 64.9 Å². The Labute approximate surface area is 164 Å². The summed E-state index contributed by atoms with van der Waals surface area (Å²) in [7, 11) is 0. The van der Waals surface area contributed by atoms with Gasteiger partial charge in [0.25, 0.3) is 0 Å². The summed E-state index contributed by atoms with van der Waals surface area (Å²) in [6.07, 6.45) is 3.51. The van der Waals surface area contributed by atoms with Crippen LogP contribution in [0.5, 0.6) is 5.75 Å². The summed E-state index contributed by atoms with van der Waals surface area (Å²) >= 11 is 3.71. The monoisotopic (exact) mass is 530 g/mol. The Balaban J connectivity index is 0.000000236. The minimum absolute atomic E-state index is 0.806. The highest BCUT2D eigenvalue weighted by Crippen LogP contribution is 2.26. The molecule has 0 heterocycles. The molecule has 0 radical (unpaired) electrons. The highest BCUT2D eigenvalue weighted by atomic mass is 127. The minimum Gasteiger partial charge on any atom is -0.428 e. The van der Waals surface area contributed by atoms with Gasteiger partial charge in [-0.3, -0.25) is 0 Å². The van der Waals surface area contributed by atoms with Crippen molar-refractivity contribution in [3.63, 3.8) is 0 Å². The van der Waals surface area contributed by atoms with Crippen LogP contribution in [0.25, 0.3) is 21.5 Å². The fourth-order valence-corrected chi connectivity index (χ4v) is 2.87. The molecule has 0 aromatic heterocycles. The van der Waals surface area contributed by atoms with Crippen molar-refractivity contribution in [3.05, 3.63) is 79.1 Å². The van der Waals surface area contributed by atoms with Crippen LogP contribution in [-0.4, -0.2) is 0 Å². The molecule has 0 atom stereocenters. The maximum atomic E-state index is 5.20. The van der Waals surface area contributed by atoms with E-state index in [0.717, 1.165) is 11.5 Å². The maximum absolute atomic E-state index is 5.20. The molecule has 0 unspecified atom stereocenters. The standard InChI is InChI=1S/C14H9IO.C5H7IO/c15-16-14-6-5-12-7-10-3-1-2-4-11(10)8-13(12)9-14;1-3-5(4-2)7-6/h1-9H;3-4H,1H2,2H3/b;5-4+. The molecule has 0 aliphatic heterocycles. The van der Waals surface area contributed by atoms with Crippen LogP contribution < -0.4 is 3.07 Å². The summed E-state index contributed by atoms with van der Waals surface area (Å²) < 4.78 is 9.97. The summed E-state index contributed by atoms with van der Waals surface area (Å²) in [6, 6.07) is 19.0. The van der Waals surface area contributed by atoms with Crippen LogP contribution in [-0.2, 0) is 3.07 Å². The quantitative estimate of drug-likeness (QED) is 0.155. The number of halogens is 2. The Kier molecular flexibility index (Phi) is 7.16. The Morgan fingerprint density at radius 3 is 2.00 bits per heavy atom. The van der Waals surface area contributed by atoms with Crippen molar-refractivity contribution in [2.24, 2.45) is 0 Å². The van der Waals surface area contributed by atoms with Crippen molar-refractivity contribution in [3.8, 4) is 5.75 Å². The maximum Gasteiger partial charge on any atom is 0.192 e. The summed E-state index contributed by atoms with van der Waals surface area (Å²) in [5.74, 6) is 1.70. The van der Waals surface area contributed by atoms with Crippen LogP contribution >= 0.6 is 46.0 Å². The van der Waals surface area contributed by atoms with Crippen LogP contribution in [0, 0.1) is 0 Å². The largest absolute Gasteiger partial charge is 0.428 e. The van der Waals surface area contributed by atoms with Gasteiger partial charge >= 0.3 is 0 Å². The van der Waals surface area contributed by atoms with Crippen LogP contribution in [0.3, 0.4) is 0 Å². The number of hydrogen-bond acceptors (Lipinski definition) is 2. The lowest BCUT2D eigenvalue weighted by Crippen LogP contribution is -1.78. The molecule has 0 amide bonds. The second kappa shape index (κ2) is 9.12. The third kappa shape index (κ3) is 4.84. The molecule has 0 saturated heterocycles. The van der Waals surface area contributed by atoms with Crippen molar-refractivity contribution in [1.29, 1.82) is 0 Å². The molecule has 3 aromatic rings. The predicted octanol–water partition coefficient (Wildman–Crippen LogP) is 7.16. The number of rotatable bonds is 3. The first-order valence-electron chi connectivity index (χ1n) is 7.00. The molecule has 3 rings (SSSR count). The average Bonchev–Trinajstić information content (AvgIpc) is 2.61. The van der Waals surface area contributed by atoms with Gasteiger partial charge in [0, 0.05) is 0 Å². The lowest BCUT2D eigenvalue weighted by Gasteiger charge is -2.03. The number of fused-ring (bicyclic) bond motifs is 2. The molecule has 0 fully saturated rings. The molecule has 0 aliphatic rings. The van der Waals surface area contributed by atoms with E-state index in [1.165, 1.54) is 21.5 Å². The minimum atomic E-state index is 0.806. The second-order valence-electron chi connectivity index (χ2n) is 4.76. The zero-order chi connectivity index (χ0) is 16.7. The Bertz CT molecular complexity index is 841. The highest BCUT2D eigenvalue weighted by molar-refractivity contribution is 14.1. The Morgan fingerprint density at radius 1 is 0.913 bits per heavy atom. The van der Waals surface area contributed by atoms with Gasteiger partial charge < -0.3 is 6.13 Å². The third-order valence-electron chi connectivity index (χ3n) is 3.34. The van der Waals surface area contributed by atoms with Gasteiger partial charge in [0.2, 0.25) is 0 Å². The van der Waals surface area contributed by atoms with Gasteiger partial charge in [-0.15, -0.1) is 0 Å². The predicted molar refractivity (Wildman–Crippen MR) is 115 cm³/mol. The fraction of sp³-hybridized carbons (Fsp3) is 0.0526. The topological polar surface area (TPSA) is 18.5 Å². The van der Waals surface area contributed by atoms with Gasteiger partial charge in [-0.1, -0.05) is 36.9 Å².